The van der Waals surface area contributed by atoms with Crippen LogP contribution in [-0.2, 0) is 4.74 Å². The number of ether oxygens (including phenoxy) is 1. The number of allylic oxidation sites excluding steroid dienone is 2. The molecule has 0 radical (unpaired) electrons. The van der Waals surface area contributed by atoms with E-state index in [1.807, 2.05) is 18.2 Å². The molecule has 2 aliphatic rings. The van der Waals surface area contributed by atoms with Gasteiger partial charge in [0.2, 0.25) is 0 Å². The van der Waals surface area contributed by atoms with Gasteiger partial charge in [-0.3, -0.25) is 4.90 Å². The zero-order valence-electron chi connectivity index (χ0n) is 10.4. The molecule has 1 saturated heterocycles. The molecule has 1 N–H and O–H groups in total. The lowest BCUT2D eigenvalue weighted by Crippen LogP contribution is -2.48. The molecule has 5 nitrogen and oxygen atoms in total. The number of hydrazine groups is 1. The van der Waals surface area contributed by atoms with Gasteiger partial charge in [0.05, 0.1) is 12.6 Å². The van der Waals surface area contributed by atoms with Crippen LogP contribution in [0.1, 0.15) is 0 Å². The van der Waals surface area contributed by atoms with Crippen LogP contribution < -0.4 is 5.43 Å². The van der Waals surface area contributed by atoms with Crippen molar-refractivity contribution < 1.29 is 9.53 Å². The molecule has 1 aliphatic heterocycles. The summed E-state index contributed by atoms with van der Waals surface area (Å²) in [6, 6.07) is -0.855. The molecule has 1 aliphatic carbocycles. The fourth-order valence-electron chi connectivity index (χ4n) is 2.03. The van der Waals surface area contributed by atoms with Crippen molar-refractivity contribution in [1.82, 2.24) is 15.3 Å². The van der Waals surface area contributed by atoms with E-state index >= 15 is 0 Å². The van der Waals surface area contributed by atoms with Gasteiger partial charge in [-0.25, -0.2) is 15.2 Å². The maximum absolute atomic E-state index is 12.4. The Labute approximate surface area is 137 Å². The predicted octanol–water partition coefficient (Wildman–Crippen LogP) is 2.39. The van der Waals surface area contributed by atoms with Crippen molar-refractivity contribution in [1.29, 1.82) is 0 Å². The molecule has 0 aromatic rings. The van der Waals surface area contributed by atoms with Crippen molar-refractivity contribution in [3.63, 3.8) is 0 Å². The molecule has 0 aromatic carbocycles. The monoisotopic (exact) mass is 355 g/mol. The first-order valence-corrected chi connectivity index (χ1v) is 7.23. The minimum atomic E-state index is -1.90. The average Bonchev–Trinajstić information content (AvgIpc) is 2.68. The van der Waals surface area contributed by atoms with Gasteiger partial charge in [-0.05, 0) is 6.08 Å². The lowest BCUT2D eigenvalue weighted by molar-refractivity contribution is 0.106. The van der Waals surface area contributed by atoms with Crippen LogP contribution in [0, 0.1) is 0 Å². The number of hydrogen-bond acceptors (Lipinski definition) is 4. The van der Waals surface area contributed by atoms with Gasteiger partial charge in [-0.2, -0.15) is 0 Å². The third-order valence-corrected chi connectivity index (χ3v) is 3.75. The second-order valence-electron chi connectivity index (χ2n) is 4.18. The summed E-state index contributed by atoms with van der Waals surface area (Å²) in [5.74, 6) is 0. The van der Waals surface area contributed by atoms with E-state index in [2.05, 4.69) is 5.43 Å². The minimum Gasteiger partial charge on any atom is -0.381 e. The second-order valence-corrected chi connectivity index (χ2v) is 6.88. The van der Waals surface area contributed by atoms with Gasteiger partial charge >= 0.3 is 6.03 Å². The summed E-state index contributed by atoms with van der Waals surface area (Å²) in [7, 11) is 1.53. The highest BCUT2D eigenvalue weighted by Gasteiger charge is 2.48. The van der Waals surface area contributed by atoms with Crippen molar-refractivity contribution in [3.8, 4) is 0 Å². The average molecular weight is 357 g/mol. The molecule has 0 spiro atoms. The van der Waals surface area contributed by atoms with Crippen LogP contribution in [0.5, 0.6) is 0 Å². The third-order valence-electron chi connectivity index (χ3n) is 2.86. The lowest BCUT2D eigenvalue weighted by atomic mass is 10.1. The van der Waals surface area contributed by atoms with E-state index in [9.17, 15) is 4.79 Å². The molecule has 9 heteroatoms. The van der Waals surface area contributed by atoms with Gasteiger partial charge in [-0.15, -0.1) is 0 Å². The Morgan fingerprint density at radius 1 is 1.45 bits per heavy atom. The highest BCUT2D eigenvalue weighted by molar-refractivity contribution is 7.80. The lowest BCUT2D eigenvalue weighted by Gasteiger charge is -2.29. The Hall–Kier alpha value is -0.370. The van der Waals surface area contributed by atoms with Crippen molar-refractivity contribution >= 4 is 57.9 Å². The van der Waals surface area contributed by atoms with Crippen LogP contribution in [0.15, 0.2) is 24.3 Å². The summed E-state index contributed by atoms with van der Waals surface area (Å²) < 4.78 is 3.20. The first-order chi connectivity index (χ1) is 9.36. The molecule has 110 valence electrons. The Balaban J connectivity index is 2.28. The zero-order chi connectivity index (χ0) is 14.9. The SMILES string of the molecule is COCC1NN(C(Cl)(Cl)Cl)C(=O)N1C1C=CC=CC1=S. The van der Waals surface area contributed by atoms with E-state index in [4.69, 9.17) is 51.8 Å². The van der Waals surface area contributed by atoms with E-state index in [1.54, 1.807) is 6.08 Å². The molecule has 0 saturated carbocycles. The van der Waals surface area contributed by atoms with Gasteiger partial charge in [0.25, 0.3) is 3.92 Å². The normalized spacial score (nSPS) is 26.8. The number of amides is 2. The first kappa shape index (κ1) is 16.0. The minimum absolute atomic E-state index is 0.236. The zero-order valence-corrected chi connectivity index (χ0v) is 13.5. The molecule has 0 bridgehead atoms. The predicted molar refractivity (Wildman–Crippen MR) is 82.8 cm³/mol. The first-order valence-electron chi connectivity index (χ1n) is 5.69. The van der Waals surface area contributed by atoms with Crippen molar-refractivity contribution in [3.05, 3.63) is 24.3 Å². The van der Waals surface area contributed by atoms with Crippen molar-refractivity contribution in [2.45, 2.75) is 16.1 Å². The summed E-state index contributed by atoms with van der Waals surface area (Å²) in [6.45, 7) is 0.236. The van der Waals surface area contributed by atoms with Gasteiger partial charge in [0.1, 0.15) is 6.17 Å². The molecule has 0 aromatic heterocycles. The molecule has 2 amide bonds. The highest BCUT2D eigenvalue weighted by Crippen LogP contribution is 2.34. The van der Waals surface area contributed by atoms with Gasteiger partial charge < -0.3 is 4.74 Å². The van der Waals surface area contributed by atoms with Crippen molar-refractivity contribution in [2.24, 2.45) is 0 Å². The summed E-state index contributed by atoms with van der Waals surface area (Å²) in [5, 5.41) is 0.941. The van der Waals surface area contributed by atoms with Gasteiger partial charge in [0.15, 0.2) is 0 Å². The summed E-state index contributed by atoms with van der Waals surface area (Å²) >= 11 is 22.6. The fraction of sp³-hybridized carbons (Fsp3) is 0.455. The molecule has 20 heavy (non-hydrogen) atoms. The summed E-state index contributed by atoms with van der Waals surface area (Å²) in [5.41, 5.74) is 2.82. The molecule has 2 unspecified atom stereocenters. The van der Waals surface area contributed by atoms with Crippen LogP contribution >= 0.6 is 47.0 Å². The van der Waals surface area contributed by atoms with E-state index < -0.39 is 16.1 Å². The van der Waals surface area contributed by atoms with E-state index in [0.717, 1.165) is 5.01 Å². The maximum Gasteiger partial charge on any atom is 0.340 e. The number of methoxy groups -OCH3 is 1. The Morgan fingerprint density at radius 2 is 2.15 bits per heavy atom. The van der Waals surface area contributed by atoms with Crippen LogP contribution in [0.25, 0.3) is 0 Å². The largest absolute Gasteiger partial charge is 0.381 e. The summed E-state index contributed by atoms with van der Waals surface area (Å²) in [6.07, 6.45) is 6.73. The quantitative estimate of drug-likeness (QED) is 0.479. The number of urea groups is 1. The molecule has 1 heterocycles. The number of rotatable bonds is 3. The molecular formula is C11H12Cl3N3O2S. The fourth-order valence-corrected chi connectivity index (χ4v) is 2.66. The van der Waals surface area contributed by atoms with Crippen LogP contribution in [0.4, 0.5) is 4.79 Å². The Bertz CT molecular complexity index is 478. The second kappa shape index (κ2) is 6.17. The van der Waals surface area contributed by atoms with E-state index in [-0.39, 0.29) is 12.6 Å². The van der Waals surface area contributed by atoms with Gasteiger partial charge in [-0.1, -0.05) is 65.2 Å². The Morgan fingerprint density at radius 3 is 2.70 bits per heavy atom. The van der Waals surface area contributed by atoms with Crippen molar-refractivity contribution in [2.75, 3.05) is 13.7 Å². The number of thiocarbonyl (C=S) groups is 1. The smallest absolute Gasteiger partial charge is 0.340 e. The molecule has 1 fully saturated rings. The Kier molecular flexibility index (Phi) is 4.94. The number of carbonyl (C=O) groups is 1. The number of nitrogens with zero attached hydrogens (tertiary/aromatic N) is 2. The van der Waals surface area contributed by atoms with E-state index in [0.29, 0.717) is 4.86 Å². The van der Waals surface area contributed by atoms with Crippen LogP contribution in [0.2, 0.25) is 0 Å². The number of carbonyl (C=O) groups excluding carboxylic acids is 1. The van der Waals surface area contributed by atoms with Gasteiger partial charge in [0, 0.05) is 12.0 Å². The third kappa shape index (κ3) is 3.10. The number of hydrogen-bond donors (Lipinski definition) is 1. The molecule has 2 rings (SSSR count). The van der Waals surface area contributed by atoms with E-state index in [1.165, 1.54) is 12.0 Å². The number of nitrogens with one attached hydrogen (secondary N) is 1. The van der Waals surface area contributed by atoms with Crippen LogP contribution in [-0.4, -0.2) is 50.6 Å². The highest BCUT2D eigenvalue weighted by atomic mass is 35.6. The summed E-state index contributed by atoms with van der Waals surface area (Å²) in [4.78, 5) is 14.5. The molecular weight excluding hydrogens is 345 g/mol. The van der Waals surface area contributed by atoms with Crippen LogP contribution in [0.3, 0.4) is 0 Å². The number of alkyl halides is 3. The standard InChI is InChI=1S/C11H12Cl3N3O2S/c1-19-6-9-15-17(11(12,13)14)10(18)16(9)7-4-2-3-5-8(7)20/h2-5,7,9,15H,6H2,1H3. The maximum atomic E-state index is 12.4. The molecule has 2 atom stereocenters. The topological polar surface area (TPSA) is 44.8 Å². The number of halogens is 3.